The SMILES string of the molecule is COc1ccc(-c2cnc(N)c(-c3ccc(NC4=CNC=C(c5ccc(C)cc5)C4)cc3)c2)cc1OC. The van der Waals surface area contributed by atoms with Crippen molar-refractivity contribution in [3.05, 3.63) is 108 Å². The Bertz CT molecular complexity index is 1470. The number of benzene rings is 3. The Kier molecular flexibility index (Phi) is 6.81. The minimum Gasteiger partial charge on any atom is -0.493 e. The van der Waals surface area contributed by atoms with E-state index in [2.05, 4.69) is 83.3 Å². The summed E-state index contributed by atoms with van der Waals surface area (Å²) in [6, 6.07) is 24.7. The third kappa shape index (κ3) is 5.28. The van der Waals surface area contributed by atoms with Crippen molar-refractivity contribution in [2.75, 3.05) is 25.3 Å². The molecule has 0 bridgehead atoms. The molecule has 6 nitrogen and oxygen atoms in total. The molecular formula is C31H30N4O2. The molecule has 0 saturated carbocycles. The molecule has 4 N–H and O–H groups in total. The van der Waals surface area contributed by atoms with Gasteiger partial charge in [0.2, 0.25) is 0 Å². The van der Waals surface area contributed by atoms with Crippen LogP contribution in [-0.4, -0.2) is 19.2 Å². The van der Waals surface area contributed by atoms with Gasteiger partial charge in [-0.25, -0.2) is 4.98 Å². The molecule has 3 aromatic carbocycles. The summed E-state index contributed by atoms with van der Waals surface area (Å²) in [5.74, 6) is 1.83. The van der Waals surface area contributed by atoms with Crippen LogP contribution in [0.3, 0.4) is 0 Å². The quantitative estimate of drug-likeness (QED) is 0.270. The lowest BCUT2D eigenvalue weighted by Gasteiger charge is -2.18. The molecule has 0 spiro atoms. The lowest BCUT2D eigenvalue weighted by Crippen LogP contribution is -2.11. The molecular weight excluding hydrogens is 460 g/mol. The van der Waals surface area contributed by atoms with Crippen molar-refractivity contribution < 1.29 is 9.47 Å². The van der Waals surface area contributed by atoms with Crippen LogP contribution in [0.1, 0.15) is 17.5 Å². The third-order valence-corrected chi connectivity index (χ3v) is 6.45. The Balaban J connectivity index is 1.33. The highest BCUT2D eigenvalue weighted by atomic mass is 16.5. The molecule has 0 radical (unpaired) electrons. The van der Waals surface area contributed by atoms with E-state index in [1.807, 2.05) is 24.4 Å². The highest BCUT2D eigenvalue weighted by molar-refractivity contribution is 5.80. The molecule has 1 aliphatic rings. The fourth-order valence-corrected chi connectivity index (χ4v) is 4.38. The van der Waals surface area contributed by atoms with Gasteiger partial charge in [0.1, 0.15) is 5.82 Å². The molecule has 0 atom stereocenters. The first kappa shape index (κ1) is 24.0. The number of rotatable bonds is 7. The zero-order valence-electron chi connectivity index (χ0n) is 21.2. The van der Waals surface area contributed by atoms with Crippen LogP contribution in [0, 0.1) is 6.92 Å². The Morgan fingerprint density at radius 1 is 0.784 bits per heavy atom. The van der Waals surface area contributed by atoms with E-state index in [4.69, 9.17) is 15.2 Å². The summed E-state index contributed by atoms with van der Waals surface area (Å²) in [7, 11) is 3.25. The van der Waals surface area contributed by atoms with Gasteiger partial charge < -0.3 is 25.8 Å². The molecule has 0 fully saturated rings. The summed E-state index contributed by atoms with van der Waals surface area (Å²) in [6.07, 6.45) is 6.65. The minimum atomic E-state index is 0.483. The van der Waals surface area contributed by atoms with E-state index < -0.39 is 0 Å². The summed E-state index contributed by atoms with van der Waals surface area (Å²) in [5.41, 5.74) is 15.9. The van der Waals surface area contributed by atoms with E-state index >= 15 is 0 Å². The topological polar surface area (TPSA) is 81.4 Å². The maximum Gasteiger partial charge on any atom is 0.161 e. The third-order valence-electron chi connectivity index (χ3n) is 6.45. The predicted octanol–water partition coefficient (Wildman–Crippen LogP) is 6.61. The van der Waals surface area contributed by atoms with Crippen molar-refractivity contribution in [1.29, 1.82) is 0 Å². The lowest BCUT2D eigenvalue weighted by molar-refractivity contribution is 0.355. The average Bonchev–Trinajstić information content (AvgIpc) is 2.94. The van der Waals surface area contributed by atoms with Crippen LogP contribution in [0.4, 0.5) is 11.5 Å². The van der Waals surface area contributed by atoms with Crippen molar-refractivity contribution in [3.63, 3.8) is 0 Å². The summed E-state index contributed by atoms with van der Waals surface area (Å²) in [6.45, 7) is 2.10. The molecule has 0 aliphatic carbocycles. The molecule has 1 aromatic heterocycles. The maximum absolute atomic E-state index is 6.27. The first-order valence-corrected chi connectivity index (χ1v) is 12.1. The fraction of sp³-hybridized carbons (Fsp3) is 0.129. The maximum atomic E-state index is 6.27. The molecule has 0 amide bonds. The number of anilines is 2. The van der Waals surface area contributed by atoms with Crippen molar-refractivity contribution in [2.24, 2.45) is 0 Å². The van der Waals surface area contributed by atoms with Gasteiger partial charge in [-0.15, -0.1) is 0 Å². The van der Waals surface area contributed by atoms with Gasteiger partial charge in [0.05, 0.1) is 14.2 Å². The van der Waals surface area contributed by atoms with E-state index in [0.29, 0.717) is 17.3 Å². The second-order valence-electron chi connectivity index (χ2n) is 8.98. The lowest BCUT2D eigenvalue weighted by atomic mass is 9.99. The smallest absolute Gasteiger partial charge is 0.161 e. The summed E-state index contributed by atoms with van der Waals surface area (Å²) in [4.78, 5) is 4.45. The summed E-state index contributed by atoms with van der Waals surface area (Å²) >= 11 is 0. The van der Waals surface area contributed by atoms with Gasteiger partial charge in [0.25, 0.3) is 0 Å². The van der Waals surface area contributed by atoms with E-state index in [9.17, 15) is 0 Å². The van der Waals surface area contributed by atoms with Gasteiger partial charge in [0, 0.05) is 47.5 Å². The van der Waals surface area contributed by atoms with Crippen molar-refractivity contribution >= 4 is 17.1 Å². The zero-order chi connectivity index (χ0) is 25.8. The second-order valence-corrected chi connectivity index (χ2v) is 8.98. The Morgan fingerprint density at radius 3 is 2.22 bits per heavy atom. The van der Waals surface area contributed by atoms with E-state index in [1.165, 1.54) is 16.7 Å². The van der Waals surface area contributed by atoms with Gasteiger partial charge in [-0.05, 0) is 59.5 Å². The number of nitrogens with two attached hydrogens (primary N) is 1. The zero-order valence-corrected chi connectivity index (χ0v) is 21.2. The molecule has 0 unspecified atom stereocenters. The fourth-order valence-electron chi connectivity index (χ4n) is 4.38. The standard InChI is InChI=1S/C31H30N4O2/c1-20-4-6-21(7-5-20)24-14-27(19-33-17-24)35-26-11-8-22(9-12-26)28-15-25(18-34-31(28)32)23-10-13-29(36-2)30(16-23)37-3/h4-13,15-19,33,35H,14H2,1-3H3,(H2,32,34). The highest BCUT2D eigenvalue weighted by Crippen LogP contribution is 2.35. The number of hydrogen-bond donors (Lipinski definition) is 3. The number of ether oxygens (including phenoxy) is 2. The molecule has 2 heterocycles. The number of allylic oxidation sites excluding steroid dienone is 1. The van der Waals surface area contributed by atoms with Gasteiger partial charge >= 0.3 is 0 Å². The molecule has 4 aromatic rings. The van der Waals surface area contributed by atoms with Crippen molar-refractivity contribution in [2.45, 2.75) is 13.3 Å². The van der Waals surface area contributed by atoms with Crippen molar-refractivity contribution in [1.82, 2.24) is 10.3 Å². The number of hydrogen-bond acceptors (Lipinski definition) is 6. The molecule has 186 valence electrons. The van der Waals surface area contributed by atoms with Gasteiger partial charge in [-0.2, -0.15) is 0 Å². The number of methoxy groups -OCH3 is 2. The molecule has 0 saturated heterocycles. The molecule has 6 heteroatoms. The van der Waals surface area contributed by atoms with Crippen LogP contribution >= 0.6 is 0 Å². The Morgan fingerprint density at radius 2 is 1.49 bits per heavy atom. The van der Waals surface area contributed by atoms with Gasteiger partial charge in [-0.1, -0.05) is 48.0 Å². The van der Waals surface area contributed by atoms with E-state index in [-0.39, 0.29) is 0 Å². The predicted molar refractivity (Wildman–Crippen MR) is 151 cm³/mol. The van der Waals surface area contributed by atoms with Crippen LogP contribution in [0.5, 0.6) is 11.5 Å². The number of pyridine rings is 1. The van der Waals surface area contributed by atoms with Gasteiger partial charge in [0.15, 0.2) is 11.5 Å². The number of nitrogen functional groups attached to an aromatic ring is 1. The minimum absolute atomic E-state index is 0.483. The van der Waals surface area contributed by atoms with Gasteiger partial charge in [-0.3, -0.25) is 0 Å². The number of nitrogens with one attached hydrogen (secondary N) is 2. The van der Waals surface area contributed by atoms with E-state index in [1.54, 1.807) is 20.4 Å². The Labute approximate surface area is 217 Å². The number of dihydropyridines is 1. The molecule has 5 rings (SSSR count). The summed E-state index contributed by atoms with van der Waals surface area (Å²) in [5, 5.41) is 6.80. The highest BCUT2D eigenvalue weighted by Gasteiger charge is 2.12. The second kappa shape index (κ2) is 10.5. The molecule has 37 heavy (non-hydrogen) atoms. The summed E-state index contributed by atoms with van der Waals surface area (Å²) < 4.78 is 10.8. The molecule has 1 aliphatic heterocycles. The monoisotopic (exact) mass is 490 g/mol. The normalized spacial score (nSPS) is 12.7. The van der Waals surface area contributed by atoms with E-state index in [0.717, 1.165) is 40.1 Å². The van der Waals surface area contributed by atoms with Crippen LogP contribution in [0.15, 0.2) is 97.1 Å². The largest absolute Gasteiger partial charge is 0.493 e. The number of nitrogens with zero attached hydrogens (tertiary/aromatic N) is 1. The van der Waals surface area contributed by atoms with Crippen LogP contribution in [0.25, 0.3) is 27.8 Å². The van der Waals surface area contributed by atoms with Crippen molar-refractivity contribution in [3.8, 4) is 33.8 Å². The van der Waals surface area contributed by atoms with Crippen LogP contribution in [0.2, 0.25) is 0 Å². The Hall–Kier alpha value is -4.71. The van der Waals surface area contributed by atoms with Crippen LogP contribution < -0.4 is 25.8 Å². The number of aryl methyl sites for hydroxylation is 1. The first-order chi connectivity index (χ1) is 18.0. The number of aromatic nitrogens is 1. The average molecular weight is 491 g/mol. The van der Waals surface area contributed by atoms with Crippen LogP contribution in [-0.2, 0) is 0 Å². The first-order valence-electron chi connectivity index (χ1n) is 12.1.